The number of anilines is 1. The van der Waals surface area contributed by atoms with Crippen molar-refractivity contribution < 1.29 is 23.9 Å². The van der Waals surface area contributed by atoms with Crippen LogP contribution in [-0.4, -0.2) is 40.4 Å². The summed E-state index contributed by atoms with van der Waals surface area (Å²) in [4.78, 5) is 42.0. The molecule has 3 heterocycles. The van der Waals surface area contributed by atoms with Gasteiger partial charge in [0.05, 0.1) is 24.3 Å². The molecule has 0 spiro atoms. The van der Waals surface area contributed by atoms with E-state index in [0.717, 1.165) is 17.0 Å². The number of ether oxygens (including phenoxy) is 2. The summed E-state index contributed by atoms with van der Waals surface area (Å²) in [5, 5.41) is 2.96. The molecule has 0 aromatic carbocycles. The summed E-state index contributed by atoms with van der Waals surface area (Å²) < 4.78 is 12.0. The van der Waals surface area contributed by atoms with Crippen LogP contribution in [0.3, 0.4) is 0 Å². The zero-order chi connectivity index (χ0) is 21.7. The standard InChI is InChI=1S/C21H21N3O5S/c1-4-10-29-21(27)18-13(3)17(20(26)28-5-2)19(30-18)23-16(25)11-14-12-24-9-7-6-8-15(24)22-14/h4,6-9,12H,1,5,10-11H2,2-3H3,(H,23,25). The fourth-order valence-electron chi connectivity index (χ4n) is 2.85. The van der Waals surface area contributed by atoms with Crippen LogP contribution in [0, 0.1) is 6.92 Å². The maximum atomic E-state index is 12.6. The molecule has 156 valence electrons. The molecule has 30 heavy (non-hydrogen) atoms. The molecule has 0 radical (unpaired) electrons. The lowest BCUT2D eigenvalue weighted by Crippen LogP contribution is -2.16. The highest BCUT2D eigenvalue weighted by Gasteiger charge is 2.27. The van der Waals surface area contributed by atoms with Crippen LogP contribution >= 0.6 is 11.3 Å². The molecule has 0 unspecified atom stereocenters. The molecule has 9 heteroatoms. The van der Waals surface area contributed by atoms with Gasteiger partial charge in [0.15, 0.2) is 0 Å². The normalized spacial score (nSPS) is 10.6. The van der Waals surface area contributed by atoms with Gasteiger partial charge in [-0.2, -0.15) is 0 Å². The van der Waals surface area contributed by atoms with E-state index in [2.05, 4.69) is 16.9 Å². The van der Waals surface area contributed by atoms with Crippen molar-refractivity contribution in [1.82, 2.24) is 9.38 Å². The molecule has 0 fully saturated rings. The third kappa shape index (κ3) is 4.57. The summed E-state index contributed by atoms with van der Waals surface area (Å²) >= 11 is 0.976. The lowest BCUT2D eigenvalue weighted by molar-refractivity contribution is -0.115. The number of carbonyl (C=O) groups is 3. The van der Waals surface area contributed by atoms with Crippen molar-refractivity contribution in [2.45, 2.75) is 20.3 Å². The van der Waals surface area contributed by atoms with E-state index in [4.69, 9.17) is 9.47 Å². The van der Waals surface area contributed by atoms with Gasteiger partial charge in [0.2, 0.25) is 5.91 Å². The summed E-state index contributed by atoms with van der Waals surface area (Å²) in [5.74, 6) is -1.57. The number of hydrogen-bond acceptors (Lipinski definition) is 7. The van der Waals surface area contributed by atoms with Crippen LogP contribution in [0.1, 0.15) is 38.2 Å². The van der Waals surface area contributed by atoms with Crippen LogP contribution < -0.4 is 5.32 Å². The molecule has 3 aromatic rings. The van der Waals surface area contributed by atoms with E-state index >= 15 is 0 Å². The molecule has 0 saturated heterocycles. The predicted octanol–water partition coefficient (Wildman–Crippen LogP) is 3.40. The van der Waals surface area contributed by atoms with Crippen molar-refractivity contribution in [1.29, 1.82) is 0 Å². The van der Waals surface area contributed by atoms with Gasteiger partial charge in [-0.05, 0) is 31.5 Å². The largest absolute Gasteiger partial charge is 0.462 e. The molecule has 1 amide bonds. The molecular weight excluding hydrogens is 406 g/mol. The Bertz CT molecular complexity index is 1080. The summed E-state index contributed by atoms with van der Waals surface area (Å²) in [7, 11) is 0. The number of carbonyl (C=O) groups excluding carboxylic acids is 3. The first-order valence-electron chi connectivity index (χ1n) is 9.25. The number of rotatable bonds is 8. The van der Waals surface area contributed by atoms with E-state index < -0.39 is 11.9 Å². The predicted molar refractivity (Wildman–Crippen MR) is 113 cm³/mol. The average Bonchev–Trinajstić information content (AvgIpc) is 3.26. The number of amides is 1. The minimum absolute atomic E-state index is 0.0110. The number of nitrogens with one attached hydrogen (secondary N) is 1. The van der Waals surface area contributed by atoms with Gasteiger partial charge >= 0.3 is 11.9 Å². The van der Waals surface area contributed by atoms with Gasteiger partial charge in [0, 0.05) is 12.4 Å². The first-order chi connectivity index (χ1) is 14.4. The number of esters is 2. The van der Waals surface area contributed by atoms with Gasteiger partial charge in [-0.25, -0.2) is 14.6 Å². The Kier molecular flexibility index (Phi) is 6.63. The number of imidazole rings is 1. The van der Waals surface area contributed by atoms with Gasteiger partial charge in [-0.3, -0.25) is 4.79 Å². The van der Waals surface area contributed by atoms with Gasteiger partial charge in [-0.15, -0.1) is 11.3 Å². The Morgan fingerprint density at radius 3 is 2.77 bits per heavy atom. The maximum absolute atomic E-state index is 12.6. The molecule has 0 aliphatic heterocycles. The lowest BCUT2D eigenvalue weighted by Gasteiger charge is -2.06. The SMILES string of the molecule is C=CCOC(=O)c1sc(NC(=O)Cc2cn3ccccc3n2)c(C(=O)OCC)c1C. The van der Waals surface area contributed by atoms with Crippen LogP contribution in [0.15, 0.2) is 43.2 Å². The minimum Gasteiger partial charge on any atom is -0.462 e. The van der Waals surface area contributed by atoms with Gasteiger partial charge in [0.1, 0.15) is 22.1 Å². The van der Waals surface area contributed by atoms with E-state index in [9.17, 15) is 14.4 Å². The van der Waals surface area contributed by atoms with Crippen molar-refractivity contribution in [3.8, 4) is 0 Å². The number of fused-ring (bicyclic) bond motifs is 1. The molecule has 0 atom stereocenters. The number of aromatic nitrogens is 2. The molecule has 0 bridgehead atoms. The number of thiophene rings is 1. The second-order valence-electron chi connectivity index (χ2n) is 6.29. The molecule has 0 saturated carbocycles. The van der Waals surface area contributed by atoms with E-state index in [1.165, 1.54) is 6.08 Å². The Hall–Kier alpha value is -3.46. The average molecular weight is 427 g/mol. The van der Waals surface area contributed by atoms with Crippen molar-refractivity contribution in [2.75, 3.05) is 18.5 Å². The second-order valence-corrected chi connectivity index (χ2v) is 7.31. The lowest BCUT2D eigenvalue weighted by atomic mass is 10.1. The third-order valence-electron chi connectivity index (χ3n) is 4.15. The van der Waals surface area contributed by atoms with Crippen molar-refractivity contribution in [3.05, 3.63) is 64.9 Å². The molecule has 8 nitrogen and oxygen atoms in total. The van der Waals surface area contributed by atoms with E-state index in [1.807, 2.05) is 28.8 Å². The number of hydrogen-bond donors (Lipinski definition) is 1. The van der Waals surface area contributed by atoms with Crippen LogP contribution in [-0.2, 0) is 20.7 Å². The zero-order valence-corrected chi connectivity index (χ0v) is 17.5. The summed E-state index contributed by atoms with van der Waals surface area (Å²) in [6.07, 6.45) is 5.06. The van der Waals surface area contributed by atoms with Gasteiger partial charge < -0.3 is 19.2 Å². The van der Waals surface area contributed by atoms with Crippen LogP contribution in [0.5, 0.6) is 0 Å². The summed E-state index contributed by atoms with van der Waals surface area (Å²) in [6, 6.07) is 5.56. The second kappa shape index (κ2) is 9.36. The quantitative estimate of drug-likeness (QED) is 0.437. The van der Waals surface area contributed by atoms with E-state index in [-0.39, 0.29) is 41.0 Å². The molecule has 0 aliphatic carbocycles. The zero-order valence-electron chi connectivity index (χ0n) is 16.6. The molecular formula is C21H21N3O5S. The molecule has 1 N–H and O–H groups in total. The Morgan fingerprint density at radius 2 is 2.07 bits per heavy atom. The highest BCUT2D eigenvalue weighted by molar-refractivity contribution is 7.18. The molecule has 3 aromatic heterocycles. The molecule has 3 rings (SSSR count). The Morgan fingerprint density at radius 1 is 1.27 bits per heavy atom. The third-order valence-corrected chi connectivity index (χ3v) is 5.34. The van der Waals surface area contributed by atoms with Gasteiger partial charge in [-0.1, -0.05) is 18.7 Å². The Balaban J connectivity index is 1.85. The van der Waals surface area contributed by atoms with Crippen LogP contribution in [0.4, 0.5) is 5.00 Å². The number of pyridine rings is 1. The first-order valence-corrected chi connectivity index (χ1v) is 10.1. The van der Waals surface area contributed by atoms with Crippen LogP contribution in [0.2, 0.25) is 0 Å². The minimum atomic E-state index is -0.614. The first kappa shape index (κ1) is 21.3. The maximum Gasteiger partial charge on any atom is 0.348 e. The van der Waals surface area contributed by atoms with Crippen molar-refractivity contribution >= 4 is 39.8 Å². The van der Waals surface area contributed by atoms with E-state index in [0.29, 0.717) is 11.3 Å². The van der Waals surface area contributed by atoms with Crippen LogP contribution in [0.25, 0.3) is 5.65 Å². The molecule has 0 aliphatic rings. The van der Waals surface area contributed by atoms with Crippen molar-refractivity contribution in [3.63, 3.8) is 0 Å². The highest BCUT2D eigenvalue weighted by Crippen LogP contribution is 2.34. The highest BCUT2D eigenvalue weighted by atomic mass is 32.1. The Labute approximate surface area is 177 Å². The number of nitrogens with zero attached hydrogens (tertiary/aromatic N) is 2. The van der Waals surface area contributed by atoms with Crippen molar-refractivity contribution in [2.24, 2.45) is 0 Å². The topological polar surface area (TPSA) is 99.0 Å². The summed E-state index contributed by atoms with van der Waals surface area (Å²) in [5.41, 5.74) is 1.85. The fraction of sp³-hybridized carbons (Fsp3) is 0.238. The van der Waals surface area contributed by atoms with Gasteiger partial charge in [0.25, 0.3) is 0 Å². The monoisotopic (exact) mass is 427 g/mol. The van der Waals surface area contributed by atoms with E-state index in [1.54, 1.807) is 20.0 Å². The fourth-order valence-corrected chi connectivity index (χ4v) is 3.96. The summed E-state index contributed by atoms with van der Waals surface area (Å²) in [6.45, 7) is 7.01. The smallest absolute Gasteiger partial charge is 0.348 e.